The number of aliphatic hydroxyl groups excluding tert-OH is 1. The van der Waals surface area contributed by atoms with Gasteiger partial charge < -0.3 is 5.11 Å². The van der Waals surface area contributed by atoms with Gasteiger partial charge in [-0.05, 0) is 98.7 Å². The Hall–Kier alpha value is -0.370. The van der Waals surface area contributed by atoms with Gasteiger partial charge in [-0.2, -0.15) is 0 Å². The number of Topliss-reactive ketones (excluding diaryl/α,β-unsaturated/α-hetero) is 1. The molecule has 0 aromatic carbocycles. The molecule has 0 bridgehead atoms. The van der Waals surface area contributed by atoms with E-state index < -0.39 is 0 Å². The van der Waals surface area contributed by atoms with Gasteiger partial charge in [0.2, 0.25) is 0 Å². The SMILES string of the molecule is CC(=O)[C@H]1CC[C@]2(C)[C@H]3CC[C@]4(C)[C@H](O)CC[C@H]4[C@@H]3CC[C@@]2(C)C1. The summed E-state index contributed by atoms with van der Waals surface area (Å²) < 4.78 is 0. The summed E-state index contributed by atoms with van der Waals surface area (Å²) >= 11 is 0. The van der Waals surface area contributed by atoms with Crippen molar-refractivity contribution >= 4 is 5.78 Å². The largest absolute Gasteiger partial charge is 0.393 e. The van der Waals surface area contributed by atoms with Gasteiger partial charge >= 0.3 is 0 Å². The van der Waals surface area contributed by atoms with Crippen LogP contribution in [0, 0.1) is 39.9 Å². The number of carbonyl (C=O) groups is 1. The third kappa shape index (κ3) is 2.07. The number of carbonyl (C=O) groups excluding carboxylic acids is 1. The Morgan fingerprint density at radius 2 is 1.67 bits per heavy atom. The first-order valence-electron chi connectivity index (χ1n) is 10.4. The number of aliphatic hydroxyl groups is 1. The zero-order valence-corrected chi connectivity index (χ0v) is 16.1. The number of rotatable bonds is 1. The molecular formula is C22H36O2. The van der Waals surface area contributed by atoms with Crippen molar-refractivity contribution in [2.45, 2.75) is 91.6 Å². The smallest absolute Gasteiger partial charge is 0.132 e. The molecule has 1 N–H and O–H groups in total. The van der Waals surface area contributed by atoms with Gasteiger partial charge in [-0.25, -0.2) is 0 Å². The second-order valence-electron chi connectivity index (χ2n) is 10.6. The summed E-state index contributed by atoms with van der Waals surface area (Å²) in [4.78, 5) is 12.0. The molecular weight excluding hydrogens is 296 g/mol. The van der Waals surface area contributed by atoms with Crippen LogP contribution < -0.4 is 0 Å². The van der Waals surface area contributed by atoms with E-state index in [1.165, 1.54) is 38.5 Å². The molecule has 0 aromatic rings. The lowest BCUT2D eigenvalue weighted by molar-refractivity contribution is -0.168. The predicted octanol–water partition coefficient (Wildman–Crippen LogP) is 4.99. The average Bonchev–Trinajstić information content (AvgIpc) is 2.83. The molecule has 24 heavy (non-hydrogen) atoms. The first-order chi connectivity index (χ1) is 11.2. The molecule has 0 saturated heterocycles. The summed E-state index contributed by atoms with van der Waals surface area (Å²) in [7, 11) is 0. The molecule has 4 fully saturated rings. The lowest BCUT2D eigenvalue weighted by Gasteiger charge is -2.65. The van der Waals surface area contributed by atoms with Crippen LogP contribution in [-0.2, 0) is 4.79 Å². The highest BCUT2D eigenvalue weighted by molar-refractivity contribution is 5.78. The summed E-state index contributed by atoms with van der Waals surface area (Å²) in [5.74, 6) is 3.08. The molecule has 0 amide bonds. The van der Waals surface area contributed by atoms with Gasteiger partial charge in [0.05, 0.1) is 6.10 Å². The van der Waals surface area contributed by atoms with Crippen molar-refractivity contribution in [2.75, 3.05) is 0 Å². The Morgan fingerprint density at radius 1 is 0.917 bits per heavy atom. The normalized spacial score (nSPS) is 57.0. The predicted molar refractivity (Wildman–Crippen MR) is 96.5 cm³/mol. The van der Waals surface area contributed by atoms with Crippen LogP contribution in [0.4, 0.5) is 0 Å². The van der Waals surface area contributed by atoms with Crippen molar-refractivity contribution in [1.82, 2.24) is 0 Å². The lowest BCUT2D eigenvalue weighted by atomic mass is 9.40. The fraction of sp³-hybridized carbons (Fsp3) is 0.955. The summed E-state index contributed by atoms with van der Waals surface area (Å²) in [5.41, 5.74) is 0.923. The van der Waals surface area contributed by atoms with Gasteiger partial charge in [-0.15, -0.1) is 0 Å². The number of hydrogen-bond donors (Lipinski definition) is 1. The minimum atomic E-state index is -0.0713. The number of hydrogen-bond acceptors (Lipinski definition) is 2. The van der Waals surface area contributed by atoms with E-state index in [1.807, 2.05) is 0 Å². The van der Waals surface area contributed by atoms with Crippen LogP contribution in [0.3, 0.4) is 0 Å². The monoisotopic (exact) mass is 332 g/mol. The summed E-state index contributed by atoms with van der Waals surface area (Å²) in [6, 6.07) is 0. The molecule has 8 atom stereocenters. The Balaban J connectivity index is 1.64. The highest BCUT2D eigenvalue weighted by Gasteiger charge is 2.63. The van der Waals surface area contributed by atoms with E-state index in [0.29, 0.717) is 22.5 Å². The van der Waals surface area contributed by atoms with Crippen molar-refractivity contribution in [1.29, 1.82) is 0 Å². The fourth-order valence-corrected chi connectivity index (χ4v) is 7.96. The molecule has 0 spiro atoms. The van der Waals surface area contributed by atoms with Gasteiger partial charge in [-0.3, -0.25) is 4.79 Å². The Labute approximate surface area is 147 Å². The highest BCUT2D eigenvalue weighted by atomic mass is 16.3. The minimum absolute atomic E-state index is 0.0713. The number of ketones is 1. The Morgan fingerprint density at radius 3 is 2.38 bits per heavy atom. The average molecular weight is 333 g/mol. The van der Waals surface area contributed by atoms with Crippen molar-refractivity contribution < 1.29 is 9.90 Å². The molecule has 0 aliphatic heterocycles. The van der Waals surface area contributed by atoms with E-state index in [-0.39, 0.29) is 11.5 Å². The first-order valence-corrected chi connectivity index (χ1v) is 10.4. The zero-order valence-electron chi connectivity index (χ0n) is 16.1. The molecule has 4 aliphatic rings. The minimum Gasteiger partial charge on any atom is -0.393 e. The summed E-state index contributed by atoms with van der Waals surface area (Å²) in [6.45, 7) is 9.23. The van der Waals surface area contributed by atoms with Crippen molar-refractivity contribution in [3.05, 3.63) is 0 Å². The molecule has 4 rings (SSSR count). The van der Waals surface area contributed by atoms with Crippen molar-refractivity contribution in [3.8, 4) is 0 Å². The molecule has 2 nitrogen and oxygen atoms in total. The topological polar surface area (TPSA) is 37.3 Å². The van der Waals surface area contributed by atoms with E-state index in [4.69, 9.17) is 0 Å². The van der Waals surface area contributed by atoms with Crippen LogP contribution in [0.25, 0.3) is 0 Å². The third-order valence-corrected chi connectivity index (χ3v) is 9.90. The summed E-state index contributed by atoms with van der Waals surface area (Å²) in [5, 5.41) is 10.6. The third-order valence-electron chi connectivity index (χ3n) is 9.90. The van der Waals surface area contributed by atoms with Crippen LogP contribution in [0.15, 0.2) is 0 Å². The van der Waals surface area contributed by atoms with E-state index in [1.54, 1.807) is 6.92 Å². The molecule has 136 valence electrons. The standard InChI is InChI=1S/C22H36O2/c1-14(23)15-7-12-22(4)18-9-11-21(3)17(5-6-19(21)24)16(18)8-10-20(22,2)13-15/h15-19,24H,5-13H2,1-4H3/t15-,16-,17-,18-,19+,20-,21-,22+/m0/s1. The van der Waals surface area contributed by atoms with E-state index in [0.717, 1.165) is 37.0 Å². The van der Waals surface area contributed by atoms with Crippen LogP contribution in [-0.4, -0.2) is 17.0 Å². The van der Waals surface area contributed by atoms with Crippen molar-refractivity contribution in [3.63, 3.8) is 0 Å². The van der Waals surface area contributed by atoms with E-state index in [9.17, 15) is 9.90 Å². The van der Waals surface area contributed by atoms with Crippen LogP contribution >= 0.6 is 0 Å². The second kappa shape index (κ2) is 5.32. The van der Waals surface area contributed by atoms with Crippen LogP contribution in [0.2, 0.25) is 0 Å². The second-order valence-corrected chi connectivity index (χ2v) is 10.6. The molecule has 0 unspecified atom stereocenters. The zero-order chi connectivity index (χ0) is 17.3. The van der Waals surface area contributed by atoms with Crippen LogP contribution in [0.1, 0.15) is 85.5 Å². The molecule has 2 heteroatoms. The van der Waals surface area contributed by atoms with E-state index in [2.05, 4.69) is 20.8 Å². The molecule has 4 saturated carbocycles. The Kier molecular flexibility index (Phi) is 3.78. The quantitative estimate of drug-likeness (QED) is 0.735. The molecule has 0 heterocycles. The van der Waals surface area contributed by atoms with Gasteiger partial charge in [-0.1, -0.05) is 20.8 Å². The van der Waals surface area contributed by atoms with Crippen molar-refractivity contribution in [2.24, 2.45) is 39.9 Å². The lowest BCUT2D eigenvalue weighted by Crippen LogP contribution is -2.58. The first kappa shape index (κ1) is 17.1. The molecule has 4 aliphatic carbocycles. The maximum absolute atomic E-state index is 12.0. The number of fused-ring (bicyclic) bond motifs is 5. The maximum atomic E-state index is 12.0. The highest BCUT2D eigenvalue weighted by Crippen LogP contribution is 2.70. The molecule has 0 aromatic heterocycles. The van der Waals surface area contributed by atoms with Crippen LogP contribution in [0.5, 0.6) is 0 Å². The Bertz CT molecular complexity index is 542. The molecule has 0 radical (unpaired) electrons. The van der Waals surface area contributed by atoms with Gasteiger partial charge in [0, 0.05) is 5.92 Å². The fourth-order valence-electron chi connectivity index (χ4n) is 7.96. The maximum Gasteiger partial charge on any atom is 0.132 e. The van der Waals surface area contributed by atoms with Gasteiger partial charge in [0.1, 0.15) is 5.78 Å². The van der Waals surface area contributed by atoms with Gasteiger partial charge in [0.15, 0.2) is 0 Å². The summed E-state index contributed by atoms with van der Waals surface area (Å²) in [6.07, 6.45) is 10.8. The van der Waals surface area contributed by atoms with E-state index >= 15 is 0 Å². The van der Waals surface area contributed by atoms with Gasteiger partial charge in [0.25, 0.3) is 0 Å².